The van der Waals surface area contributed by atoms with E-state index in [0.29, 0.717) is 5.76 Å². The van der Waals surface area contributed by atoms with Crippen molar-refractivity contribution < 1.29 is 33.3 Å². The van der Waals surface area contributed by atoms with Crippen LogP contribution in [-0.2, 0) is 28.5 Å². The first kappa shape index (κ1) is 20.9. The fourth-order valence-electron chi connectivity index (χ4n) is 3.72. The van der Waals surface area contributed by atoms with Gasteiger partial charge in [-0.3, -0.25) is 19.8 Å². The third-order valence-electron chi connectivity index (χ3n) is 5.22. The summed E-state index contributed by atoms with van der Waals surface area (Å²) in [4.78, 5) is 36.7. The van der Waals surface area contributed by atoms with Crippen LogP contribution in [-0.4, -0.2) is 54.1 Å². The van der Waals surface area contributed by atoms with Gasteiger partial charge in [0.25, 0.3) is 0 Å². The number of ether oxygens (including phenoxy) is 4. The Morgan fingerprint density at radius 2 is 1.94 bits per heavy atom. The van der Waals surface area contributed by atoms with Gasteiger partial charge in [-0.1, -0.05) is 29.8 Å². The van der Waals surface area contributed by atoms with E-state index in [1.54, 1.807) is 6.20 Å². The fraction of sp³-hybridized carbons (Fsp3) is 0.409. The molecule has 164 valence electrons. The standard InChI is InChI=1S/C22H24N2O7/c1-12-4-6-15(7-5-12)17-8-16-10-24(22(27)23-21(16)31-17)20-9-18(29-14(3)26)19(30-20)11-28-13(2)25/h4-8,10,18-21H,9,11H2,1-3H3,(H,23,27)/t18-,19+,20+,21?/m0/s1. The van der Waals surface area contributed by atoms with Gasteiger partial charge < -0.3 is 18.9 Å². The Balaban J connectivity index is 1.52. The van der Waals surface area contributed by atoms with E-state index in [2.05, 4.69) is 5.32 Å². The minimum absolute atomic E-state index is 0.0704. The van der Waals surface area contributed by atoms with Crippen LogP contribution < -0.4 is 5.32 Å². The van der Waals surface area contributed by atoms with Crippen LogP contribution in [0.15, 0.2) is 42.1 Å². The van der Waals surface area contributed by atoms with Crippen molar-refractivity contribution in [3.05, 3.63) is 53.2 Å². The summed E-state index contributed by atoms with van der Waals surface area (Å²) in [6.07, 6.45) is 1.23. The molecular formula is C22H24N2O7. The molecule has 0 bridgehead atoms. The molecule has 1 aromatic carbocycles. The molecule has 3 aliphatic rings. The third kappa shape index (κ3) is 4.56. The monoisotopic (exact) mass is 428 g/mol. The molecule has 4 rings (SSSR count). The number of esters is 2. The zero-order valence-electron chi connectivity index (χ0n) is 17.5. The van der Waals surface area contributed by atoms with Crippen molar-refractivity contribution in [3.8, 4) is 0 Å². The van der Waals surface area contributed by atoms with Gasteiger partial charge in [-0.2, -0.15) is 0 Å². The van der Waals surface area contributed by atoms with Crippen LogP contribution in [0.2, 0.25) is 0 Å². The maximum Gasteiger partial charge on any atom is 0.326 e. The lowest BCUT2D eigenvalue weighted by Gasteiger charge is -2.31. The molecular weight excluding hydrogens is 404 g/mol. The van der Waals surface area contributed by atoms with Gasteiger partial charge >= 0.3 is 18.0 Å². The molecule has 3 heterocycles. The van der Waals surface area contributed by atoms with Crippen molar-refractivity contribution in [2.45, 2.75) is 51.9 Å². The molecule has 1 N–H and O–H groups in total. The molecule has 0 saturated carbocycles. The fourth-order valence-corrected chi connectivity index (χ4v) is 3.72. The molecule has 3 aliphatic heterocycles. The van der Waals surface area contributed by atoms with E-state index in [4.69, 9.17) is 18.9 Å². The van der Waals surface area contributed by atoms with E-state index < -0.39 is 42.6 Å². The number of fused-ring (bicyclic) bond motifs is 1. The van der Waals surface area contributed by atoms with Gasteiger partial charge in [-0.25, -0.2) is 4.79 Å². The first-order valence-electron chi connectivity index (χ1n) is 10.0. The molecule has 1 aromatic rings. The molecule has 2 amide bonds. The molecule has 9 heteroatoms. The van der Waals surface area contributed by atoms with E-state index in [1.807, 2.05) is 37.3 Å². The quantitative estimate of drug-likeness (QED) is 0.717. The molecule has 1 saturated heterocycles. The molecule has 1 fully saturated rings. The first-order chi connectivity index (χ1) is 14.8. The number of hydrogen-bond donors (Lipinski definition) is 1. The predicted molar refractivity (Wildman–Crippen MR) is 108 cm³/mol. The van der Waals surface area contributed by atoms with Gasteiger partial charge in [0.2, 0.25) is 6.23 Å². The van der Waals surface area contributed by atoms with E-state index >= 15 is 0 Å². The Morgan fingerprint density at radius 3 is 2.61 bits per heavy atom. The minimum Gasteiger partial charge on any atom is -0.466 e. The van der Waals surface area contributed by atoms with Gasteiger partial charge in [-0.15, -0.1) is 0 Å². The van der Waals surface area contributed by atoms with Gasteiger partial charge in [0.15, 0.2) is 0 Å². The summed E-state index contributed by atoms with van der Waals surface area (Å²) in [7, 11) is 0. The molecule has 1 unspecified atom stereocenters. The van der Waals surface area contributed by atoms with Gasteiger partial charge in [0, 0.05) is 37.6 Å². The highest BCUT2D eigenvalue weighted by Crippen LogP contribution is 2.34. The topological polar surface area (TPSA) is 103 Å². The van der Waals surface area contributed by atoms with Crippen LogP contribution in [0.5, 0.6) is 0 Å². The number of aryl methyl sites for hydroxylation is 1. The number of hydrogen-bond acceptors (Lipinski definition) is 7. The van der Waals surface area contributed by atoms with Gasteiger partial charge in [0.1, 0.15) is 30.8 Å². The third-order valence-corrected chi connectivity index (χ3v) is 5.22. The van der Waals surface area contributed by atoms with Crippen LogP contribution >= 0.6 is 0 Å². The summed E-state index contributed by atoms with van der Waals surface area (Å²) >= 11 is 0. The van der Waals surface area contributed by atoms with Crippen molar-refractivity contribution in [3.63, 3.8) is 0 Å². The van der Waals surface area contributed by atoms with Crippen LogP contribution in [0.4, 0.5) is 4.79 Å². The predicted octanol–water partition coefficient (Wildman–Crippen LogP) is 2.21. The summed E-state index contributed by atoms with van der Waals surface area (Å²) in [5.74, 6) is -0.277. The zero-order valence-corrected chi connectivity index (χ0v) is 17.5. The van der Waals surface area contributed by atoms with Crippen molar-refractivity contribution >= 4 is 23.7 Å². The van der Waals surface area contributed by atoms with Gasteiger partial charge in [0.05, 0.1) is 0 Å². The molecule has 0 aromatic heterocycles. The summed E-state index contributed by atoms with van der Waals surface area (Å²) in [5, 5.41) is 2.81. The second-order valence-corrected chi connectivity index (χ2v) is 7.67. The van der Waals surface area contributed by atoms with Crippen molar-refractivity contribution in [2.75, 3.05) is 6.61 Å². The van der Waals surface area contributed by atoms with E-state index in [-0.39, 0.29) is 13.0 Å². The van der Waals surface area contributed by atoms with Crippen molar-refractivity contribution in [2.24, 2.45) is 0 Å². The highest BCUT2D eigenvalue weighted by Gasteiger charge is 2.44. The molecule has 4 atom stereocenters. The highest BCUT2D eigenvalue weighted by atomic mass is 16.6. The lowest BCUT2D eigenvalue weighted by molar-refractivity contribution is -0.155. The number of amides is 2. The molecule has 31 heavy (non-hydrogen) atoms. The van der Waals surface area contributed by atoms with Crippen molar-refractivity contribution in [1.29, 1.82) is 0 Å². The Morgan fingerprint density at radius 1 is 1.19 bits per heavy atom. The second kappa shape index (κ2) is 8.43. The number of rotatable bonds is 5. The summed E-state index contributed by atoms with van der Waals surface area (Å²) in [6, 6.07) is 7.51. The van der Waals surface area contributed by atoms with Crippen LogP contribution in [0, 0.1) is 6.92 Å². The minimum atomic E-state index is -0.685. The largest absolute Gasteiger partial charge is 0.466 e. The summed E-state index contributed by atoms with van der Waals surface area (Å²) < 4.78 is 22.1. The number of nitrogens with zero attached hydrogens (tertiary/aromatic N) is 1. The average molecular weight is 428 g/mol. The molecule has 0 spiro atoms. The van der Waals surface area contributed by atoms with E-state index in [1.165, 1.54) is 18.7 Å². The van der Waals surface area contributed by atoms with Crippen molar-refractivity contribution in [1.82, 2.24) is 10.2 Å². The summed E-state index contributed by atoms with van der Waals surface area (Å²) in [5.41, 5.74) is 2.82. The van der Waals surface area contributed by atoms with Crippen LogP contribution in [0.25, 0.3) is 5.76 Å². The lowest BCUT2D eigenvalue weighted by atomic mass is 10.1. The van der Waals surface area contributed by atoms with Crippen LogP contribution in [0.1, 0.15) is 31.4 Å². The molecule has 0 aliphatic carbocycles. The maximum absolute atomic E-state index is 12.7. The number of benzene rings is 1. The Kier molecular flexibility index (Phi) is 5.69. The Hall–Kier alpha value is -3.33. The van der Waals surface area contributed by atoms with E-state index in [9.17, 15) is 14.4 Å². The lowest BCUT2D eigenvalue weighted by Crippen LogP contribution is -2.51. The van der Waals surface area contributed by atoms with Crippen LogP contribution in [0.3, 0.4) is 0 Å². The smallest absolute Gasteiger partial charge is 0.326 e. The highest BCUT2D eigenvalue weighted by molar-refractivity contribution is 5.80. The van der Waals surface area contributed by atoms with Gasteiger partial charge in [-0.05, 0) is 13.0 Å². The molecule has 0 radical (unpaired) electrons. The number of nitrogens with one attached hydrogen (secondary N) is 1. The number of carbonyl (C=O) groups is 3. The Labute approximate surface area is 179 Å². The average Bonchev–Trinajstić information content (AvgIpc) is 3.29. The SMILES string of the molecule is CC(=O)OC[C@H]1O[C@@H](N2C=C3C=C(c4ccc(C)cc4)OC3NC2=O)C[C@@H]1OC(C)=O. The number of urea groups is 1. The molecule has 9 nitrogen and oxygen atoms in total. The first-order valence-corrected chi connectivity index (χ1v) is 10.0. The zero-order chi connectivity index (χ0) is 22.1. The normalized spacial score (nSPS) is 26.9. The Bertz CT molecular complexity index is 953. The maximum atomic E-state index is 12.7. The van der Waals surface area contributed by atoms with E-state index in [0.717, 1.165) is 16.7 Å². The summed E-state index contributed by atoms with van der Waals surface area (Å²) in [6.45, 7) is 4.52. The number of carbonyl (C=O) groups excluding carboxylic acids is 3. The second-order valence-electron chi connectivity index (χ2n) is 7.67.